The van der Waals surface area contributed by atoms with Gasteiger partial charge in [0, 0.05) is 52.4 Å². The van der Waals surface area contributed by atoms with Gasteiger partial charge in [0.25, 0.3) is 0 Å². The molecule has 0 bridgehead atoms. The summed E-state index contributed by atoms with van der Waals surface area (Å²) in [5.74, 6) is 0.111. The summed E-state index contributed by atoms with van der Waals surface area (Å²) in [7, 11) is -1.40. The van der Waals surface area contributed by atoms with E-state index in [9.17, 15) is 13.2 Å². The number of aryl methyl sites for hydroxylation is 2. The molecule has 2 fully saturated rings. The normalized spacial score (nSPS) is 22.4. The second-order valence-corrected chi connectivity index (χ2v) is 10.4. The Morgan fingerprint density at radius 2 is 1.55 bits per heavy atom. The lowest BCUT2D eigenvalue weighted by atomic mass is 9.92. The number of carbonyl (C=O) groups is 1. The largest absolute Gasteiger partial charge is 0.339 e. The number of hydrogen-bond acceptors (Lipinski definition) is 5. The lowest BCUT2D eigenvalue weighted by Gasteiger charge is -2.37. The molecule has 0 saturated carbocycles. The summed E-state index contributed by atoms with van der Waals surface area (Å²) in [6.07, 6.45) is 4.32. The highest BCUT2D eigenvalue weighted by molar-refractivity contribution is 7.89. The molecular weight excluding hydrogens is 388 g/mol. The van der Waals surface area contributed by atoms with Crippen LogP contribution in [-0.4, -0.2) is 99.3 Å². The zero-order valence-electron chi connectivity index (χ0n) is 17.3. The van der Waals surface area contributed by atoms with Gasteiger partial charge in [-0.15, -0.1) is 0 Å². The van der Waals surface area contributed by atoms with E-state index in [-0.39, 0.29) is 5.91 Å². The van der Waals surface area contributed by atoms with Crippen LogP contribution in [0.1, 0.15) is 24.0 Å². The maximum absolute atomic E-state index is 13.1. The number of piperazine rings is 2. The van der Waals surface area contributed by atoms with Gasteiger partial charge in [-0.1, -0.05) is 6.07 Å². The van der Waals surface area contributed by atoms with E-state index in [1.165, 1.54) is 21.9 Å². The number of rotatable bonds is 4. The van der Waals surface area contributed by atoms with E-state index in [1.807, 2.05) is 17.0 Å². The van der Waals surface area contributed by atoms with E-state index in [1.54, 1.807) is 6.07 Å². The fourth-order valence-electron chi connectivity index (χ4n) is 4.49. The van der Waals surface area contributed by atoms with Crippen molar-refractivity contribution in [2.24, 2.45) is 0 Å². The zero-order chi connectivity index (χ0) is 20.4. The molecule has 1 aliphatic carbocycles. The number of hydrogen-bond donors (Lipinski definition) is 0. The van der Waals surface area contributed by atoms with Crippen molar-refractivity contribution in [3.8, 4) is 0 Å². The molecule has 1 amide bonds. The standard InChI is InChI=1S/C21H32N4O3S/c1-22-8-10-23(11-9-22)17-21(26)24-12-14-25(15-13-24)29(27,28)20-7-6-18-4-2-3-5-19(18)16-20/h6-7,16H,2-5,8-15,17H2,1H3. The van der Waals surface area contributed by atoms with Gasteiger partial charge < -0.3 is 9.80 Å². The lowest BCUT2D eigenvalue weighted by molar-refractivity contribution is -0.134. The van der Waals surface area contributed by atoms with Crippen LogP contribution in [0.3, 0.4) is 0 Å². The highest BCUT2D eigenvalue weighted by Gasteiger charge is 2.31. The minimum Gasteiger partial charge on any atom is -0.339 e. The average Bonchev–Trinajstić information content (AvgIpc) is 2.75. The molecule has 0 atom stereocenters. The predicted molar refractivity (Wildman–Crippen MR) is 112 cm³/mol. The molecule has 0 unspecified atom stereocenters. The molecule has 160 valence electrons. The lowest BCUT2D eigenvalue weighted by Crippen LogP contribution is -2.54. The highest BCUT2D eigenvalue weighted by Crippen LogP contribution is 2.26. The van der Waals surface area contributed by atoms with Crippen LogP contribution in [0.15, 0.2) is 23.1 Å². The SMILES string of the molecule is CN1CCN(CC(=O)N2CCN(S(=O)(=O)c3ccc4c(c3)CCCC4)CC2)CC1. The number of amides is 1. The first kappa shape index (κ1) is 20.8. The van der Waals surface area contributed by atoms with Crippen molar-refractivity contribution in [1.82, 2.24) is 19.0 Å². The molecule has 1 aromatic carbocycles. The number of fused-ring (bicyclic) bond motifs is 1. The van der Waals surface area contributed by atoms with Crippen LogP contribution in [-0.2, 0) is 27.7 Å². The third-order valence-corrected chi connectivity index (χ3v) is 8.40. The Morgan fingerprint density at radius 3 is 2.24 bits per heavy atom. The van der Waals surface area contributed by atoms with Gasteiger partial charge in [0.1, 0.15) is 0 Å². The molecule has 4 rings (SSSR count). The number of likely N-dealkylation sites (N-methyl/N-ethyl adjacent to an activating group) is 1. The van der Waals surface area contributed by atoms with Crippen LogP contribution in [0.4, 0.5) is 0 Å². The Hall–Kier alpha value is -1.48. The summed E-state index contributed by atoms with van der Waals surface area (Å²) >= 11 is 0. The molecule has 7 nitrogen and oxygen atoms in total. The van der Waals surface area contributed by atoms with Gasteiger partial charge in [0.2, 0.25) is 15.9 Å². The Morgan fingerprint density at radius 1 is 0.897 bits per heavy atom. The van der Waals surface area contributed by atoms with Gasteiger partial charge in [-0.05, 0) is 56.0 Å². The molecule has 0 radical (unpaired) electrons. The molecule has 3 aliphatic rings. The van der Waals surface area contributed by atoms with Gasteiger partial charge in [-0.2, -0.15) is 4.31 Å². The zero-order valence-corrected chi connectivity index (χ0v) is 18.2. The Kier molecular flexibility index (Phi) is 6.24. The molecule has 2 aliphatic heterocycles. The van der Waals surface area contributed by atoms with E-state index < -0.39 is 10.0 Å². The monoisotopic (exact) mass is 420 g/mol. The fraction of sp³-hybridized carbons (Fsp3) is 0.667. The van der Waals surface area contributed by atoms with Crippen molar-refractivity contribution in [1.29, 1.82) is 0 Å². The van der Waals surface area contributed by atoms with Gasteiger partial charge in [-0.25, -0.2) is 8.42 Å². The molecule has 0 spiro atoms. The minimum absolute atomic E-state index is 0.111. The molecule has 1 aromatic rings. The van der Waals surface area contributed by atoms with Crippen LogP contribution in [0.25, 0.3) is 0 Å². The summed E-state index contributed by atoms with van der Waals surface area (Å²) < 4.78 is 27.8. The summed E-state index contributed by atoms with van der Waals surface area (Å²) in [6, 6.07) is 5.61. The van der Waals surface area contributed by atoms with Crippen LogP contribution in [0.5, 0.6) is 0 Å². The molecule has 0 aromatic heterocycles. The van der Waals surface area contributed by atoms with E-state index in [0.29, 0.717) is 37.6 Å². The van der Waals surface area contributed by atoms with Crippen LogP contribution < -0.4 is 0 Å². The molecule has 29 heavy (non-hydrogen) atoms. The first-order valence-electron chi connectivity index (χ1n) is 10.7. The number of sulfonamides is 1. The molecule has 0 N–H and O–H groups in total. The van der Waals surface area contributed by atoms with Crippen molar-refractivity contribution >= 4 is 15.9 Å². The summed E-state index contributed by atoms with van der Waals surface area (Å²) in [4.78, 5) is 19.3. The third-order valence-electron chi connectivity index (χ3n) is 6.50. The predicted octanol–water partition coefficient (Wildman–Crippen LogP) is 0.646. The van der Waals surface area contributed by atoms with Gasteiger partial charge >= 0.3 is 0 Å². The maximum atomic E-state index is 13.1. The van der Waals surface area contributed by atoms with Crippen molar-refractivity contribution in [2.75, 3.05) is 66.0 Å². The average molecular weight is 421 g/mol. The van der Waals surface area contributed by atoms with Crippen LogP contribution in [0.2, 0.25) is 0 Å². The second kappa shape index (κ2) is 8.71. The first-order valence-corrected chi connectivity index (χ1v) is 12.2. The van der Waals surface area contributed by atoms with Crippen LogP contribution in [0, 0.1) is 0 Å². The quantitative estimate of drug-likeness (QED) is 0.716. The van der Waals surface area contributed by atoms with Crippen molar-refractivity contribution in [3.05, 3.63) is 29.3 Å². The maximum Gasteiger partial charge on any atom is 0.243 e. The number of nitrogens with zero attached hydrogens (tertiary/aromatic N) is 4. The summed E-state index contributed by atoms with van der Waals surface area (Å²) in [5, 5.41) is 0. The number of benzene rings is 1. The Bertz CT molecular complexity index is 841. The first-order chi connectivity index (χ1) is 13.9. The van der Waals surface area contributed by atoms with E-state index in [4.69, 9.17) is 0 Å². The van der Waals surface area contributed by atoms with E-state index in [0.717, 1.165) is 45.4 Å². The van der Waals surface area contributed by atoms with Crippen molar-refractivity contribution in [2.45, 2.75) is 30.6 Å². The molecule has 8 heteroatoms. The fourth-order valence-corrected chi connectivity index (χ4v) is 5.97. The minimum atomic E-state index is -3.50. The summed E-state index contributed by atoms with van der Waals surface area (Å²) in [6.45, 7) is 5.91. The van der Waals surface area contributed by atoms with Crippen LogP contribution >= 0.6 is 0 Å². The van der Waals surface area contributed by atoms with Gasteiger partial charge in [-0.3, -0.25) is 9.69 Å². The van der Waals surface area contributed by atoms with Gasteiger partial charge in [0.05, 0.1) is 11.4 Å². The Labute approximate surface area is 174 Å². The molecule has 2 heterocycles. The summed E-state index contributed by atoms with van der Waals surface area (Å²) in [5.41, 5.74) is 2.47. The van der Waals surface area contributed by atoms with E-state index >= 15 is 0 Å². The van der Waals surface area contributed by atoms with Gasteiger partial charge in [0.15, 0.2) is 0 Å². The van der Waals surface area contributed by atoms with Crippen molar-refractivity contribution in [3.63, 3.8) is 0 Å². The topological polar surface area (TPSA) is 64.2 Å². The molecule has 2 saturated heterocycles. The third kappa shape index (κ3) is 4.66. The Balaban J connectivity index is 1.34. The van der Waals surface area contributed by atoms with E-state index in [2.05, 4.69) is 16.8 Å². The number of carbonyl (C=O) groups excluding carboxylic acids is 1. The highest BCUT2D eigenvalue weighted by atomic mass is 32.2. The molecular formula is C21H32N4O3S. The van der Waals surface area contributed by atoms with Crippen molar-refractivity contribution < 1.29 is 13.2 Å². The second-order valence-electron chi connectivity index (χ2n) is 8.50. The smallest absolute Gasteiger partial charge is 0.243 e.